The summed E-state index contributed by atoms with van der Waals surface area (Å²) in [6.07, 6.45) is 8.99. The molecule has 0 unspecified atom stereocenters. The van der Waals surface area contributed by atoms with Gasteiger partial charge in [0.2, 0.25) is 0 Å². The predicted octanol–water partition coefficient (Wildman–Crippen LogP) is 7.19. The lowest BCUT2D eigenvalue weighted by atomic mass is 10.1. The number of hydrogen-bond donors (Lipinski definition) is 0. The molecule has 0 radical (unpaired) electrons. The first-order valence-electron chi connectivity index (χ1n) is 8.18. The van der Waals surface area contributed by atoms with E-state index in [1.54, 1.807) is 12.4 Å². The summed E-state index contributed by atoms with van der Waals surface area (Å²) in [5.41, 5.74) is 3.45. The Morgan fingerprint density at radius 1 is 0.538 bits per heavy atom. The highest BCUT2D eigenvalue weighted by Crippen LogP contribution is 2.10. The van der Waals surface area contributed by atoms with Gasteiger partial charge in [-0.3, -0.25) is 4.98 Å². The van der Waals surface area contributed by atoms with Crippen LogP contribution < -0.4 is 0 Å². The van der Waals surface area contributed by atoms with E-state index in [9.17, 15) is 0 Å². The standard InChI is InChI=1S/C10H10.C8H8.C5H5N.C2H4/c1-3-9-7-5-6-8-10(9)4-2;1-2-8-6-4-3-5-7-8;1-2-4-6-5-3-1;1-2/h3-8H,1-2H2;2-7H,1H2;1-5H;1-2H2. The van der Waals surface area contributed by atoms with Gasteiger partial charge in [0.1, 0.15) is 0 Å². The van der Waals surface area contributed by atoms with Crippen LogP contribution in [0.25, 0.3) is 18.2 Å². The second-order valence-corrected chi connectivity index (χ2v) is 4.68. The normalized spacial score (nSPS) is 8.00. The molecule has 1 heteroatoms. The molecule has 0 saturated carbocycles. The number of nitrogens with zero attached hydrogens (tertiary/aromatic N) is 1. The van der Waals surface area contributed by atoms with Gasteiger partial charge in [-0.1, -0.05) is 98.6 Å². The molecule has 2 aromatic carbocycles. The summed E-state index contributed by atoms with van der Waals surface area (Å²) in [4.78, 5) is 3.78. The van der Waals surface area contributed by atoms with Crippen LogP contribution in [0.15, 0.2) is 118 Å². The van der Waals surface area contributed by atoms with E-state index in [0.29, 0.717) is 0 Å². The predicted molar refractivity (Wildman–Crippen MR) is 119 cm³/mol. The highest BCUT2D eigenvalue weighted by atomic mass is 14.6. The molecule has 0 bridgehead atoms. The molecular weight excluding hydrogens is 314 g/mol. The maximum absolute atomic E-state index is 3.78. The van der Waals surface area contributed by atoms with Gasteiger partial charge in [-0.05, 0) is 28.8 Å². The number of benzene rings is 2. The van der Waals surface area contributed by atoms with Crippen LogP contribution in [0.3, 0.4) is 0 Å². The third-order valence-electron chi connectivity index (χ3n) is 3.04. The zero-order valence-electron chi connectivity index (χ0n) is 15.3. The van der Waals surface area contributed by atoms with Crippen LogP contribution in [0.4, 0.5) is 0 Å². The third kappa shape index (κ3) is 10.3. The zero-order valence-corrected chi connectivity index (χ0v) is 15.3. The summed E-state index contributed by atoms with van der Waals surface area (Å²) in [5, 5.41) is 0. The lowest BCUT2D eigenvalue weighted by Crippen LogP contribution is -1.76. The minimum absolute atomic E-state index is 1.14. The van der Waals surface area contributed by atoms with Gasteiger partial charge >= 0.3 is 0 Å². The first kappa shape index (κ1) is 22.6. The van der Waals surface area contributed by atoms with E-state index in [2.05, 4.69) is 37.9 Å². The molecule has 0 atom stereocenters. The Kier molecular flexibility index (Phi) is 14.2. The molecule has 0 spiro atoms. The SMILES string of the molecule is C=C.C=Cc1ccccc1.C=Cc1ccccc1C=C.c1ccncc1. The van der Waals surface area contributed by atoms with Crippen molar-refractivity contribution in [3.05, 3.63) is 135 Å². The second kappa shape index (κ2) is 16.4. The van der Waals surface area contributed by atoms with E-state index in [4.69, 9.17) is 0 Å². The fourth-order valence-electron chi connectivity index (χ4n) is 1.78. The summed E-state index contributed by atoms with van der Waals surface area (Å²) in [6, 6.07) is 23.8. The molecule has 0 aliphatic carbocycles. The largest absolute Gasteiger partial charge is 0.265 e. The average Bonchev–Trinajstić information content (AvgIpc) is 2.77. The van der Waals surface area contributed by atoms with Gasteiger partial charge < -0.3 is 0 Å². The number of hydrogen-bond acceptors (Lipinski definition) is 1. The minimum Gasteiger partial charge on any atom is -0.265 e. The van der Waals surface area contributed by atoms with Crippen molar-refractivity contribution in [2.45, 2.75) is 0 Å². The van der Waals surface area contributed by atoms with Gasteiger partial charge in [0.15, 0.2) is 0 Å². The summed E-state index contributed by atoms with van der Waals surface area (Å²) < 4.78 is 0. The Bertz CT molecular complexity index is 677. The van der Waals surface area contributed by atoms with Gasteiger partial charge in [-0.2, -0.15) is 0 Å². The molecule has 0 aliphatic heterocycles. The van der Waals surface area contributed by atoms with Gasteiger partial charge in [0, 0.05) is 12.4 Å². The monoisotopic (exact) mass is 341 g/mol. The molecule has 132 valence electrons. The molecule has 0 saturated heterocycles. The Morgan fingerprint density at radius 3 is 1.23 bits per heavy atom. The molecule has 3 rings (SSSR count). The van der Waals surface area contributed by atoms with Crippen LogP contribution >= 0.6 is 0 Å². The molecule has 0 fully saturated rings. The van der Waals surface area contributed by atoms with Crippen LogP contribution in [0.5, 0.6) is 0 Å². The van der Waals surface area contributed by atoms with Crippen molar-refractivity contribution in [2.75, 3.05) is 0 Å². The first-order chi connectivity index (χ1) is 12.8. The molecule has 0 N–H and O–H groups in total. The molecule has 0 aliphatic rings. The Morgan fingerprint density at radius 2 is 0.962 bits per heavy atom. The summed E-state index contributed by atoms with van der Waals surface area (Å²) >= 11 is 0. The maximum Gasteiger partial charge on any atom is 0.0267 e. The van der Waals surface area contributed by atoms with Crippen LogP contribution in [0.2, 0.25) is 0 Å². The van der Waals surface area contributed by atoms with E-state index in [0.717, 1.165) is 11.1 Å². The van der Waals surface area contributed by atoms with Gasteiger partial charge in [-0.25, -0.2) is 0 Å². The lowest BCUT2D eigenvalue weighted by Gasteiger charge is -1.96. The molecule has 1 heterocycles. The highest BCUT2D eigenvalue weighted by Gasteiger charge is 1.89. The third-order valence-corrected chi connectivity index (χ3v) is 3.04. The molecule has 1 nitrogen and oxygen atoms in total. The summed E-state index contributed by atoms with van der Waals surface area (Å²) in [5.74, 6) is 0. The lowest BCUT2D eigenvalue weighted by molar-refractivity contribution is 1.33. The highest BCUT2D eigenvalue weighted by molar-refractivity contribution is 5.63. The Labute approximate surface area is 158 Å². The Balaban J connectivity index is 0.000000353. The second-order valence-electron chi connectivity index (χ2n) is 4.68. The molecule has 3 aromatic rings. The van der Waals surface area contributed by atoms with Crippen molar-refractivity contribution < 1.29 is 0 Å². The van der Waals surface area contributed by atoms with Crippen LogP contribution in [0.1, 0.15) is 16.7 Å². The van der Waals surface area contributed by atoms with Crippen molar-refractivity contribution in [3.8, 4) is 0 Å². The van der Waals surface area contributed by atoms with E-state index in [1.165, 1.54) is 5.56 Å². The number of pyridine rings is 1. The smallest absolute Gasteiger partial charge is 0.0267 e. The topological polar surface area (TPSA) is 12.9 Å². The number of aromatic nitrogens is 1. The van der Waals surface area contributed by atoms with Crippen molar-refractivity contribution in [3.63, 3.8) is 0 Å². The van der Waals surface area contributed by atoms with Gasteiger partial charge in [0.05, 0.1) is 0 Å². The summed E-state index contributed by atoms with van der Waals surface area (Å²) in [6.45, 7) is 17.0. The first-order valence-corrected chi connectivity index (χ1v) is 8.18. The van der Waals surface area contributed by atoms with Gasteiger partial charge in [-0.15, -0.1) is 13.2 Å². The van der Waals surface area contributed by atoms with Crippen molar-refractivity contribution in [1.82, 2.24) is 4.98 Å². The van der Waals surface area contributed by atoms with Crippen molar-refractivity contribution in [1.29, 1.82) is 0 Å². The average molecular weight is 341 g/mol. The van der Waals surface area contributed by atoms with E-state index in [-0.39, 0.29) is 0 Å². The molecule has 0 amide bonds. The van der Waals surface area contributed by atoms with E-state index >= 15 is 0 Å². The molecular formula is C25H27N. The fourth-order valence-corrected chi connectivity index (χ4v) is 1.78. The van der Waals surface area contributed by atoms with Crippen LogP contribution in [0, 0.1) is 0 Å². The van der Waals surface area contributed by atoms with Crippen molar-refractivity contribution >= 4 is 18.2 Å². The van der Waals surface area contributed by atoms with Gasteiger partial charge in [0.25, 0.3) is 0 Å². The quantitative estimate of drug-likeness (QED) is 0.459. The Hall–Kier alpha value is -3.45. The fraction of sp³-hybridized carbons (Fsp3) is 0. The van der Waals surface area contributed by atoms with Crippen LogP contribution in [-0.4, -0.2) is 4.98 Å². The zero-order chi connectivity index (χ0) is 19.5. The maximum atomic E-state index is 3.78. The number of rotatable bonds is 3. The van der Waals surface area contributed by atoms with Crippen molar-refractivity contribution in [2.24, 2.45) is 0 Å². The molecule has 1 aromatic heterocycles. The summed E-state index contributed by atoms with van der Waals surface area (Å²) in [7, 11) is 0. The van der Waals surface area contributed by atoms with E-state index < -0.39 is 0 Å². The van der Waals surface area contributed by atoms with Crippen LogP contribution in [-0.2, 0) is 0 Å². The minimum atomic E-state index is 1.14. The van der Waals surface area contributed by atoms with E-state index in [1.807, 2.05) is 91.0 Å². The molecule has 26 heavy (non-hydrogen) atoms.